The minimum absolute atomic E-state index is 0.115. The molecule has 0 spiro atoms. The van der Waals surface area contributed by atoms with E-state index >= 15 is 0 Å². The molecule has 1 N–H and O–H groups in total. The zero-order chi connectivity index (χ0) is 24.7. The van der Waals surface area contributed by atoms with Crippen LogP contribution in [-0.4, -0.2) is 26.1 Å². The molecule has 34 heavy (non-hydrogen) atoms. The summed E-state index contributed by atoms with van der Waals surface area (Å²) in [6.45, 7) is 0. The number of methoxy groups -OCH3 is 2. The summed E-state index contributed by atoms with van der Waals surface area (Å²) in [5.74, 6) is -0.311. The van der Waals surface area contributed by atoms with E-state index in [1.54, 1.807) is 54.6 Å². The number of para-hydroxylation sites is 1. The molecule has 0 bridgehead atoms. The van der Waals surface area contributed by atoms with E-state index in [0.29, 0.717) is 22.6 Å². The standard InChI is InChI=1S/C25H18Cl2N2O5/c1-32-18-9-7-16(8-10-18)25(31)34-22-13-15(6-11-21(22)33-2)12-17(14-28)24(30)29-23-19(26)4-3-5-20(23)27/h3-13H,1-2H3,(H,29,30)/b17-12+. The van der Waals surface area contributed by atoms with Crippen molar-refractivity contribution >= 4 is 46.8 Å². The zero-order valence-electron chi connectivity index (χ0n) is 18.1. The van der Waals surface area contributed by atoms with Gasteiger partial charge in [0.05, 0.1) is 35.5 Å². The summed E-state index contributed by atoms with van der Waals surface area (Å²) in [7, 11) is 2.95. The van der Waals surface area contributed by atoms with Gasteiger partial charge in [0.25, 0.3) is 5.91 Å². The van der Waals surface area contributed by atoms with E-state index in [1.807, 2.05) is 6.07 Å². The number of nitrogens with one attached hydrogen (secondary N) is 1. The lowest BCUT2D eigenvalue weighted by atomic mass is 10.1. The fourth-order valence-electron chi connectivity index (χ4n) is 2.86. The Balaban J connectivity index is 1.86. The van der Waals surface area contributed by atoms with Gasteiger partial charge in [-0.05, 0) is 60.2 Å². The molecule has 172 valence electrons. The number of esters is 1. The van der Waals surface area contributed by atoms with Crippen molar-refractivity contribution in [2.45, 2.75) is 0 Å². The Labute approximate surface area is 206 Å². The molecular weight excluding hydrogens is 479 g/mol. The van der Waals surface area contributed by atoms with Crippen molar-refractivity contribution in [2.24, 2.45) is 0 Å². The number of carbonyl (C=O) groups is 2. The van der Waals surface area contributed by atoms with Crippen LogP contribution in [-0.2, 0) is 4.79 Å². The lowest BCUT2D eigenvalue weighted by Crippen LogP contribution is -2.14. The van der Waals surface area contributed by atoms with Gasteiger partial charge in [0, 0.05) is 0 Å². The summed E-state index contributed by atoms with van der Waals surface area (Å²) >= 11 is 12.2. The summed E-state index contributed by atoms with van der Waals surface area (Å²) < 4.78 is 15.8. The van der Waals surface area contributed by atoms with Crippen molar-refractivity contribution in [1.82, 2.24) is 0 Å². The van der Waals surface area contributed by atoms with Gasteiger partial charge in [0.1, 0.15) is 17.4 Å². The molecule has 1 amide bonds. The number of rotatable bonds is 7. The van der Waals surface area contributed by atoms with Gasteiger partial charge in [-0.25, -0.2) is 4.79 Å². The minimum Gasteiger partial charge on any atom is -0.497 e. The van der Waals surface area contributed by atoms with Crippen LogP contribution < -0.4 is 19.5 Å². The second-order valence-electron chi connectivity index (χ2n) is 6.75. The van der Waals surface area contributed by atoms with E-state index in [4.69, 9.17) is 37.4 Å². The SMILES string of the molecule is COc1ccc(C(=O)Oc2cc(/C=C(\C#N)C(=O)Nc3c(Cl)cccc3Cl)ccc2OC)cc1. The van der Waals surface area contributed by atoms with Crippen LogP contribution in [0.25, 0.3) is 6.08 Å². The highest BCUT2D eigenvalue weighted by Gasteiger charge is 2.16. The normalized spacial score (nSPS) is 10.7. The third-order valence-corrected chi connectivity index (χ3v) is 5.22. The molecule has 3 rings (SSSR count). The number of ether oxygens (including phenoxy) is 3. The molecule has 0 heterocycles. The van der Waals surface area contributed by atoms with Crippen molar-refractivity contribution in [3.8, 4) is 23.3 Å². The van der Waals surface area contributed by atoms with Gasteiger partial charge in [0.15, 0.2) is 11.5 Å². The van der Waals surface area contributed by atoms with E-state index in [0.717, 1.165) is 0 Å². The minimum atomic E-state index is -0.704. The molecule has 3 aromatic carbocycles. The third kappa shape index (κ3) is 5.87. The van der Waals surface area contributed by atoms with Crippen LogP contribution in [0.2, 0.25) is 10.0 Å². The van der Waals surface area contributed by atoms with Crippen molar-refractivity contribution in [2.75, 3.05) is 19.5 Å². The van der Waals surface area contributed by atoms with Crippen LogP contribution in [0.5, 0.6) is 17.2 Å². The monoisotopic (exact) mass is 496 g/mol. The predicted molar refractivity (Wildman–Crippen MR) is 130 cm³/mol. The molecule has 0 atom stereocenters. The Bertz CT molecular complexity index is 1280. The Hall–Kier alpha value is -3.99. The van der Waals surface area contributed by atoms with Crippen LogP contribution in [0, 0.1) is 11.3 Å². The van der Waals surface area contributed by atoms with Crippen LogP contribution in [0.4, 0.5) is 5.69 Å². The molecule has 0 aliphatic rings. The van der Waals surface area contributed by atoms with Gasteiger partial charge in [-0.1, -0.05) is 35.3 Å². The lowest BCUT2D eigenvalue weighted by Gasteiger charge is -2.11. The van der Waals surface area contributed by atoms with Gasteiger partial charge in [-0.2, -0.15) is 5.26 Å². The number of halogens is 2. The fraction of sp³-hybridized carbons (Fsp3) is 0.0800. The Morgan fingerprint density at radius 3 is 2.21 bits per heavy atom. The summed E-state index contributed by atoms with van der Waals surface area (Å²) in [5.41, 5.74) is 0.710. The predicted octanol–water partition coefficient (Wildman–Crippen LogP) is 5.78. The molecule has 0 unspecified atom stereocenters. The highest BCUT2D eigenvalue weighted by Crippen LogP contribution is 2.32. The first-order valence-electron chi connectivity index (χ1n) is 9.77. The van der Waals surface area contributed by atoms with Gasteiger partial charge < -0.3 is 19.5 Å². The largest absolute Gasteiger partial charge is 0.497 e. The first-order chi connectivity index (χ1) is 16.4. The highest BCUT2D eigenvalue weighted by atomic mass is 35.5. The van der Waals surface area contributed by atoms with Crippen LogP contribution in [0.1, 0.15) is 15.9 Å². The lowest BCUT2D eigenvalue weighted by molar-refractivity contribution is -0.112. The quantitative estimate of drug-likeness (QED) is 0.193. The van der Waals surface area contributed by atoms with Crippen LogP contribution in [0.15, 0.2) is 66.2 Å². The van der Waals surface area contributed by atoms with Gasteiger partial charge in [-0.3, -0.25) is 4.79 Å². The molecular formula is C25H18Cl2N2O5. The Morgan fingerprint density at radius 2 is 1.62 bits per heavy atom. The first-order valence-corrected chi connectivity index (χ1v) is 10.5. The first kappa shape index (κ1) is 24.6. The molecule has 0 aromatic heterocycles. The number of amides is 1. The number of anilines is 1. The number of hydrogen-bond acceptors (Lipinski definition) is 6. The van der Waals surface area contributed by atoms with Crippen LogP contribution in [0.3, 0.4) is 0 Å². The van der Waals surface area contributed by atoms with Crippen molar-refractivity contribution in [1.29, 1.82) is 5.26 Å². The second kappa shape index (κ2) is 11.2. The Kier molecular flexibility index (Phi) is 8.14. The molecule has 3 aromatic rings. The molecule has 0 fully saturated rings. The maximum absolute atomic E-state index is 12.6. The van der Waals surface area contributed by atoms with E-state index in [2.05, 4.69) is 5.32 Å². The average molecular weight is 497 g/mol. The molecule has 0 saturated heterocycles. The summed E-state index contributed by atoms with van der Waals surface area (Å²) in [6.07, 6.45) is 1.34. The maximum atomic E-state index is 12.6. The number of nitriles is 1. The zero-order valence-corrected chi connectivity index (χ0v) is 19.6. The highest BCUT2D eigenvalue weighted by molar-refractivity contribution is 6.40. The van der Waals surface area contributed by atoms with E-state index < -0.39 is 11.9 Å². The number of carbonyl (C=O) groups excluding carboxylic acids is 2. The second-order valence-corrected chi connectivity index (χ2v) is 7.56. The number of hydrogen-bond donors (Lipinski definition) is 1. The molecule has 9 heteroatoms. The third-order valence-electron chi connectivity index (χ3n) is 4.59. The molecule has 0 aliphatic carbocycles. The number of nitrogens with zero attached hydrogens (tertiary/aromatic N) is 1. The topological polar surface area (TPSA) is 97.7 Å². The molecule has 0 saturated carbocycles. The van der Waals surface area contributed by atoms with E-state index in [-0.39, 0.29) is 27.1 Å². The van der Waals surface area contributed by atoms with Crippen molar-refractivity contribution < 1.29 is 23.8 Å². The van der Waals surface area contributed by atoms with E-state index in [1.165, 1.54) is 26.4 Å². The van der Waals surface area contributed by atoms with E-state index in [9.17, 15) is 14.9 Å². The maximum Gasteiger partial charge on any atom is 0.343 e. The van der Waals surface area contributed by atoms with Gasteiger partial charge in [-0.15, -0.1) is 0 Å². The average Bonchev–Trinajstić information content (AvgIpc) is 2.85. The van der Waals surface area contributed by atoms with Crippen molar-refractivity contribution in [3.05, 3.63) is 87.4 Å². The van der Waals surface area contributed by atoms with Crippen molar-refractivity contribution in [3.63, 3.8) is 0 Å². The summed E-state index contributed by atoms with van der Waals surface area (Å²) in [5, 5.41) is 12.5. The summed E-state index contributed by atoms with van der Waals surface area (Å²) in [6, 6.07) is 17.6. The molecule has 7 nitrogen and oxygen atoms in total. The molecule has 0 aliphatic heterocycles. The van der Waals surface area contributed by atoms with Gasteiger partial charge >= 0.3 is 5.97 Å². The molecule has 0 radical (unpaired) electrons. The Morgan fingerprint density at radius 1 is 0.941 bits per heavy atom. The number of benzene rings is 3. The van der Waals surface area contributed by atoms with Crippen LogP contribution >= 0.6 is 23.2 Å². The fourth-order valence-corrected chi connectivity index (χ4v) is 3.35. The van der Waals surface area contributed by atoms with Gasteiger partial charge in [0.2, 0.25) is 0 Å². The summed E-state index contributed by atoms with van der Waals surface area (Å²) in [4.78, 5) is 25.2. The smallest absolute Gasteiger partial charge is 0.343 e.